The summed E-state index contributed by atoms with van der Waals surface area (Å²) in [5.41, 5.74) is 1.07. The van der Waals surface area contributed by atoms with Crippen molar-refractivity contribution in [3.63, 3.8) is 0 Å². The van der Waals surface area contributed by atoms with E-state index in [4.69, 9.17) is 4.74 Å². The average molecular weight is 259 g/mol. The second-order valence-electron chi connectivity index (χ2n) is 4.66. The highest BCUT2D eigenvalue weighted by Gasteiger charge is 2.19. The second-order valence-corrected chi connectivity index (χ2v) is 4.66. The molecule has 0 radical (unpaired) electrons. The quantitative estimate of drug-likeness (QED) is 0.856. The molecular weight excluding hydrogens is 242 g/mol. The van der Waals surface area contributed by atoms with Gasteiger partial charge in [0.15, 0.2) is 5.75 Å². The lowest BCUT2D eigenvalue weighted by molar-refractivity contribution is 0.439. The number of nitrogens with one attached hydrogen (secondary N) is 1. The molecule has 1 N–H and O–H groups in total. The van der Waals surface area contributed by atoms with Crippen molar-refractivity contribution in [3.05, 3.63) is 30.4 Å². The maximum atomic E-state index is 5.53. The highest BCUT2D eigenvalue weighted by atomic mass is 16.5. The van der Waals surface area contributed by atoms with E-state index in [0.29, 0.717) is 17.8 Å². The Morgan fingerprint density at radius 2 is 2.11 bits per heavy atom. The molecule has 0 saturated heterocycles. The summed E-state index contributed by atoms with van der Waals surface area (Å²) in [4.78, 5) is 8.39. The first-order valence-corrected chi connectivity index (χ1v) is 6.58. The number of hydrogen-bond donors (Lipinski definition) is 1. The van der Waals surface area contributed by atoms with Crippen molar-refractivity contribution in [1.29, 1.82) is 0 Å². The van der Waals surface area contributed by atoms with E-state index >= 15 is 0 Å². The Bertz CT molecular complexity index is 532. The van der Waals surface area contributed by atoms with E-state index in [2.05, 4.69) is 20.4 Å². The van der Waals surface area contributed by atoms with Crippen molar-refractivity contribution in [2.24, 2.45) is 0 Å². The monoisotopic (exact) mass is 259 g/mol. The molecule has 0 amide bonds. The first-order chi connectivity index (χ1) is 9.33. The van der Waals surface area contributed by atoms with Crippen molar-refractivity contribution in [2.45, 2.75) is 38.9 Å². The van der Waals surface area contributed by atoms with Gasteiger partial charge in [-0.1, -0.05) is 0 Å². The van der Waals surface area contributed by atoms with Crippen LogP contribution in [0.5, 0.6) is 11.8 Å². The fourth-order valence-corrected chi connectivity index (χ4v) is 1.71. The van der Waals surface area contributed by atoms with Gasteiger partial charge in [-0.05, 0) is 19.8 Å². The van der Waals surface area contributed by atoms with Gasteiger partial charge in [0.05, 0.1) is 12.4 Å². The van der Waals surface area contributed by atoms with Gasteiger partial charge in [-0.15, -0.1) is 0 Å². The fourth-order valence-electron chi connectivity index (χ4n) is 1.71. The molecule has 3 rings (SSSR count). The number of ether oxygens (including phenoxy) is 1. The first kappa shape index (κ1) is 12.1. The van der Waals surface area contributed by atoms with Crippen LogP contribution in [0.2, 0.25) is 0 Å². The van der Waals surface area contributed by atoms with E-state index < -0.39 is 0 Å². The molecule has 1 aliphatic rings. The molecule has 6 heteroatoms. The maximum Gasteiger partial charge on any atom is 0.321 e. The number of nitrogens with zero attached hydrogens (tertiary/aromatic N) is 4. The van der Waals surface area contributed by atoms with Crippen molar-refractivity contribution < 1.29 is 4.74 Å². The minimum Gasteiger partial charge on any atom is -0.421 e. The molecule has 19 heavy (non-hydrogen) atoms. The highest BCUT2D eigenvalue weighted by Crippen LogP contribution is 2.19. The van der Waals surface area contributed by atoms with E-state index in [-0.39, 0.29) is 0 Å². The van der Waals surface area contributed by atoms with Gasteiger partial charge in [0.2, 0.25) is 0 Å². The van der Waals surface area contributed by atoms with Crippen molar-refractivity contribution in [1.82, 2.24) is 25.1 Å². The molecule has 0 atom stereocenters. The summed E-state index contributed by atoms with van der Waals surface area (Å²) in [5.74, 6) is 0.658. The van der Waals surface area contributed by atoms with Crippen molar-refractivity contribution in [3.8, 4) is 11.8 Å². The van der Waals surface area contributed by atoms with Crippen LogP contribution in [0.4, 0.5) is 0 Å². The average Bonchev–Trinajstić information content (AvgIpc) is 3.17. The Balaban J connectivity index is 1.58. The SMILES string of the molecule is CCn1cc(Oc2ncc(CNC3CC3)cn2)cn1. The third-order valence-corrected chi connectivity index (χ3v) is 3.00. The van der Waals surface area contributed by atoms with Crippen molar-refractivity contribution >= 4 is 0 Å². The topological polar surface area (TPSA) is 64.9 Å². The molecule has 100 valence electrons. The maximum absolute atomic E-state index is 5.53. The number of rotatable bonds is 6. The van der Waals surface area contributed by atoms with Gasteiger partial charge < -0.3 is 10.1 Å². The lowest BCUT2D eigenvalue weighted by Crippen LogP contribution is -2.15. The van der Waals surface area contributed by atoms with E-state index in [9.17, 15) is 0 Å². The summed E-state index contributed by atoms with van der Waals surface area (Å²) in [6, 6.07) is 1.04. The Labute approximate surface area is 111 Å². The standard InChI is InChI=1S/C13H17N5O/c1-2-18-9-12(8-17-18)19-13-15-6-10(7-16-13)5-14-11-3-4-11/h6-9,11,14H,2-5H2,1H3. The van der Waals surface area contributed by atoms with Crippen LogP contribution in [-0.4, -0.2) is 25.8 Å². The number of aromatic nitrogens is 4. The van der Waals surface area contributed by atoms with Crippen LogP contribution in [0.15, 0.2) is 24.8 Å². The lowest BCUT2D eigenvalue weighted by Gasteiger charge is -2.03. The minimum absolute atomic E-state index is 0.353. The van der Waals surface area contributed by atoms with Gasteiger partial charge in [-0.3, -0.25) is 4.68 Å². The van der Waals surface area contributed by atoms with Crippen LogP contribution in [0, 0.1) is 0 Å². The molecule has 2 heterocycles. The Morgan fingerprint density at radius 3 is 2.74 bits per heavy atom. The second kappa shape index (κ2) is 5.36. The molecule has 0 spiro atoms. The van der Waals surface area contributed by atoms with E-state index in [1.807, 2.05) is 13.1 Å². The smallest absolute Gasteiger partial charge is 0.321 e. The molecule has 0 bridgehead atoms. The summed E-state index contributed by atoms with van der Waals surface area (Å²) < 4.78 is 7.32. The zero-order valence-corrected chi connectivity index (χ0v) is 10.9. The lowest BCUT2D eigenvalue weighted by atomic mass is 10.3. The van der Waals surface area contributed by atoms with Gasteiger partial charge in [0, 0.05) is 37.1 Å². The molecule has 1 aliphatic carbocycles. The highest BCUT2D eigenvalue weighted by molar-refractivity contribution is 5.18. The third-order valence-electron chi connectivity index (χ3n) is 3.00. The van der Waals surface area contributed by atoms with Gasteiger partial charge in [0.1, 0.15) is 0 Å². The molecule has 6 nitrogen and oxygen atoms in total. The Hall–Kier alpha value is -1.95. The molecule has 0 aliphatic heterocycles. The van der Waals surface area contributed by atoms with Crippen LogP contribution in [0.1, 0.15) is 25.3 Å². The van der Waals surface area contributed by atoms with Crippen LogP contribution in [0.3, 0.4) is 0 Å². The summed E-state index contributed by atoms with van der Waals surface area (Å²) in [6.45, 7) is 3.66. The molecule has 2 aromatic rings. The third kappa shape index (κ3) is 3.29. The van der Waals surface area contributed by atoms with E-state index in [1.54, 1.807) is 23.3 Å². The summed E-state index contributed by atoms with van der Waals surface area (Å²) >= 11 is 0. The molecule has 1 fully saturated rings. The van der Waals surface area contributed by atoms with Gasteiger partial charge in [-0.25, -0.2) is 9.97 Å². The summed E-state index contributed by atoms with van der Waals surface area (Å²) in [5, 5.41) is 7.55. The normalized spacial score (nSPS) is 14.6. The van der Waals surface area contributed by atoms with E-state index in [1.165, 1.54) is 12.8 Å². The predicted molar refractivity (Wildman–Crippen MR) is 69.9 cm³/mol. The van der Waals surface area contributed by atoms with Crippen LogP contribution in [-0.2, 0) is 13.1 Å². The summed E-state index contributed by atoms with van der Waals surface area (Å²) in [6.07, 6.45) is 9.64. The molecule has 2 aromatic heterocycles. The van der Waals surface area contributed by atoms with E-state index in [0.717, 1.165) is 18.7 Å². The molecular formula is C13H17N5O. The predicted octanol–water partition coefficient (Wildman–Crippen LogP) is 1.74. The Kier molecular flexibility index (Phi) is 3.41. The van der Waals surface area contributed by atoms with Crippen LogP contribution >= 0.6 is 0 Å². The summed E-state index contributed by atoms with van der Waals surface area (Å²) in [7, 11) is 0. The Morgan fingerprint density at radius 1 is 1.32 bits per heavy atom. The van der Waals surface area contributed by atoms with Crippen LogP contribution < -0.4 is 10.1 Å². The zero-order valence-electron chi connectivity index (χ0n) is 10.9. The van der Waals surface area contributed by atoms with Gasteiger partial charge >= 0.3 is 6.01 Å². The number of aryl methyl sites for hydroxylation is 1. The first-order valence-electron chi connectivity index (χ1n) is 6.58. The number of hydrogen-bond acceptors (Lipinski definition) is 5. The molecule has 1 saturated carbocycles. The van der Waals surface area contributed by atoms with Crippen molar-refractivity contribution in [2.75, 3.05) is 0 Å². The largest absolute Gasteiger partial charge is 0.421 e. The zero-order chi connectivity index (χ0) is 13.1. The van der Waals surface area contributed by atoms with Crippen LogP contribution in [0.25, 0.3) is 0 Å². The minimum atomic E-state index is 0.353. The van der Waals surface area contributed by atoms with Gasteiger partial charge in [0.25, 0.3) is 0 Å². The fraction of sp³-hybridized carbons (Fsp3) is 0.462. The molecule has 0 aromatic carbocycles. The van der Waals surface area contributed by atoms with Gasteiger partial charge in [-0.2, -0.15) is 5.10 Å². The molecule has 0 unspecified atom stereocenters.